The van der Waals surface area contributed by atoms with Gasteiger partial charge in [0.05, 0.1) is 0 Å². The van der Waals surface area contributed by atoms with Crippen molar-refractivity contribution in [2.24, 2.45) is 0 Å². The zero-order valence-corrected chi connectivity index (χ0v) is 7.27. The first-order valence-corrected chi connectivity index (χ1v) is 4.19. The highest BCUT2D eigenvalue weighted by Gasteiger charge is 2.41. The Balaban J connectivity index is 2.35. The molecule has 2 unspecified atom stereocenters. The fourth-order valence-corrected chi connectivity index (χ4v) is 1.43. The first-order valence-electron chi connectivity index (χ1n) is 4.19. The smallest absolute Gasteiger partial charge is 0.404 e. The third-order valence-corrected chi connectivity index (χ3v) is 2.14. The lowest BCUT2D eigenvalue weighted by atomic mass is 10.0. The molecular weight excluding hydrogens is 201 g/mol. The maximum absolute atomic E-state index is 12.1. The van der Waals surface area contributed by atoms with E-state index in [0.29, 0.717) is 0 Å². The topological polar surface area (TPSA) is 61.4 Å². The second-order valence-corrected chi connectivity index (χ2v) is 3.23. The summed E-state index contributed by atoms with van der Waals surface area (Å²) in [5, 5.41) is 12.7. The number of hydrogen-bond donors (Lipinski definition) is 3. The van der Waals surface area contributed by atoms with Crippen LogP contribution in [0.4, 0.5) is 18.0 Å². The SMILES string of the molecule is O=C(O)NC1CCC(C(F)(F)F)NC1. The van der Waals surface area contributed by atoms with Crippen molar-refractivity contribution in [1.82, 2.24) is 10.6 Å². The van der Waals surface area contributed by atoms with Crippen molar-refractivity contribution in [1.29, 1.82) is 0 Å². The van der Waals surface area contributed by atoms with E-state index in [1.54, 1.807) is 0 Å². The van der Waals surface area contributed by atoms with E-state index in [-0.39, 0.29) is 19.4 Å². The van der Waals surface area contributed by atoms with Crippen molar-refractivity contribution < 1.29 is 23.1 Å². The molecule has 0 aliphatic carbocycles. The average molecular weight is 212 g/mol. The maximum atomic E-state index is 12.1. The van der Waals surface area contributed by atoms with Crippen LogP contribution >= 0.6 is 0 Å². The lowest BCUT2D eigenvalue weighted by Crippen LogP contribution is -2.54. The van der Waals surface area contributed by atoms with Crippen LogP contribution in [0.15, 0.2) is 0 Å². The second-order valence-electron chi connectivity index (χ2n) is 3.23. The van der Waals surface area contributed by atoms with Crippen LogP contribution in [0.25, 0.3) is 0 Å². The third-order valence-electron chi connectivity index (χ3n) is 2.14. The monoisotopic (exact) mass is 212 g/mol. The lowest BCUT2D eigenvalue weighted by Gasteiger charge is -2.30. The van der Waals surface area contributed by atoms with Gasteiger partial charge in [0.25, 0.3) is 0 Å². The van der Waals surface area contributed by atoms with Crippen molar-refractivity contribution in [2.75, 3.05) is 6.54 Å². The van der Waals surface area contributed by atoms with Crippen molar-refractivity contribution in [3.8, 4) is 0 Å². The standard InChI is InChI=1S/C7H11F3N2O2/c8-7(9,10)5-2-1-4(3-11-5)12-6(13)14/h4-5,11-12H,1-3H2,(H,13,14). The summed E-state index contributed by atoms with van der Waals surface area (Å²) in [5.74, 6) is 0. The van der Waals surface area contributed by atoms with Crippen LogP contribution in [0.1, 0.15) is 12.8 Å². The van der Waals surface area contributed by atoms with Crippen LogP contribution in [0.2, 0.25) is 0 Å². The summed E-state index contributed by atoms with van der Waals surface area (Å²) >= 11 is 0. The molecule has 0 aromatic heterocycles. The second kappa shape index (κ2) is 4.04. The fourth-order valence-electron chi connectivity index (χ4n) is 1.43. The van der Waals surface area contributed by atoms with Gasteiger partial charge in [0.15, 0.2) is 0 Å². The molecule has 7 heteroatoms. The van der Waals surface area contributed by atoms with Gasteiger partial charge in [-0.1, -0.05) is 0 Å². The van der Waals surface area contributed by atoms with Crippen molar-refractivity contribution >= 4 is 6.09 Å². The number of halogens is 3. The quantitative estimate of drug-likeness (QED) is 0.606. The lowest BCUT2D eigenvalue weighted by molar-refractivity contribution is -0.160. The Morgan fingerprint density at radius 3 is 2.43 bits per heavy atom. The zero-order chi connectivity index (χ0) is 10.8. The van der Waals surface area contributed by atoms with E-state index >= 15 is 0 Å². The van der Waals surface area contributed by atoms with Gasteiger partial charge in [0, 0.05) is 12.6 Å². The summed E-state index contributed by atoms with van der Waals surface area (Å²) in [4.78, 5) is 10.2. The predicted molar refractivity (Wildman–Crippen MR) is 42.0 cm³/mol. The highest BCUT2D eigenvalue weighted by atomic mass is 19.4. The van der Waals surface area contributed by atoms with Crippen molar-refractivity contribution in [2.45, 2.75) is 31.1 Å². The highest BCUT2D eigenvalue weighted by molar-refractivity contribution is 5.64. The molecule has 0 spiro atoms. The summed E-state index contributed by atoms with van der Waals surface area (Å²) in [6, 6.07) is -1.93. The van der Waals surface area contributed by atoms with Gasteiger partial charge >= 0.3 is 12.3 Å². The Hall–Kier alpha value is -0.980. The normalized spacial score (nSPS) is 28.5. The van der Waals surface area contributed by atoms with Crippen LogP contribution < -0.4 is 10.6 Å². The van der Waals surface area contributed by atoms with Crippen LogP contribution in [0.3, 0.4) is 0 Å². The Morgan fingerprint density at radius 2 is 2.07 bits per heavy atom. The van der Waals surface area contributed by atoms with Crippen LogP contribution in [-0.2, 0) is 0 Å². The van der Waals surface area contributed by atoms with E-state index < -0.39 is 24.4 Å². The van der Waals surface area contributed by atoms with Gasteiger partial charge in [-0.3, -0.25) is 0 Å². The Bertz CT molecular complexity index is 211. The van der Waals surface area contributed by atoms with Crippen LogP contribution in [0.5, 0.6) is 0 Å². The van der Waals surface area contributed by atoms with Crippen LogP contribution in [-0.4, -0.2) is 36.0 Å². The Morgan fingerprint density at radius 1 is 1.43 bits per heavy atom. The molecule has 0 radical (unpaired) electrons. The molecular formula is C7H11F3N2O2. The maximum Gasteiger partial charge on any atom is 0.404 e. The van der Waals surface area contributed by atoms with Gasteiger partial charge in [-0.15, -0.1) is 0 Å². The summed E-state index contributed by atoms with van der Waals surface area (Å²) in [6.45, 7) is 0.0243. The third kappa shape index (κ3) is 3.06. The minimum atomic E-state index is -4.24. The molecule has 4 nitrogen and oxygen atoms in total. The number of carbonyl (C=O) groups is 1. The molecule has 1 amide bonds. The fraction of sp³-hybridized carbons (Fsp3) is 0.857. The van der Waals surface area contributed by atoms with Gasteiger partial charge in [0.2, 0.25) is 0 Å². The molecule has 1 saturated heterocycles. The average Bonchev–Trinajstić information content (AvgIpc) is 2.02. The molecule has 0 aromatic carbocycles. The molecule has 3 N–H and O–H groups in total. The Kier molecular flexibility index (Phi) is 3.20. The molecule has 1 fully saturated rings. The summed E-state index contributed by atoms with van der Waals surface area (Å²) in [7, 11) is 0. The number of carboxylic acid groups (broad SMARTS) is 1. The summed E-state index contributed by atoms with van der Waals surface area (Å²) < 4.78 is 36.4. The largest absolute Gasteiger partial charge is 0.465 e. The molecule has 82 valence electrons. The number of hydrogen-bond acceptors (Lipinski definition) is 2. The molecule has 0 aromatic rings. The molecule has 0 saturated carbocycles. The van der Waals surface area contributed by atoms with Gasteiger partial charge in [0.1, 0.15) is 6.04 Å². The van der Waals surface area contributed by atoms with Gasteiger partial charge in [-0.05, 0) is 12.8 Å². The molecule has 1 aliphatic heterocycles. The first kappa shape index (κ1) is 11.1. The van der Waals surface area contributed by atoms with E-state index in [2.05, 4.69) is 10.6 Å². The highest BCUT2D eigenvalue weighted by Crippen LogP contribution is 2.25. The van der Waals surface area contributed by atoms with E-state index in [1.807, 2.05) is 0 Å². The molecule has 1 rings (SSSR count). The number of piperidine rings is 1. The predicted octanol–water partition coefficient (Wildman–Crippen LogP) is 0.937. The number of rotatable bonds is 1. The van der Waals surface area contributed by atoms with Gasteiger partial charge in [-0.2, -0.15) is 13.2 Å². The summed E-state index contributed by atoms with van der Waals surface area (Å²) in [6.07, 6.45) is -5.33. The molecule has 1 aliphatic rings. The van der Waals surface area contributed by atoms with Crippen molar-refractivity contribution in [3.05, 3.63) is 0 Å². The van der Waals surface area contributed by atoms with Crippen LogP contribution in [0, 0.1) is 0 Å². The zero-order valence-electron chi connectivity index (χ0n) is 7.27. The van der Waals surface area contributed by atoms with E-state index in [0.717, 1.165) is 0 Å². The number of alkyl halides is 3. The van der Waals surface area contributed by atoms with E-state index in [9.17, 15) is 18.0 Å². The molecule has 0 bridgehead atoms. The molecule has 1 heterocycles. The van der Waals surface area contributed by atoms with E-state index in [1.165, 1.54) is 0 Å². The molecule has 2 atom stereocenters. The first-order chi connectivity index (χ1) is 6.39. The Labute approximate surface area is 78.5 Å². The number of nitrogens with one attached hydrogen (secondary N) is 2. The van der Waals surface area contributed by atoms with Crippen molar-refractivity contribution in [3.63, 3.8) is 0 Å². The minimum absolute atomic E-state index is 0.0243. The van der Waals surface area contributed by atoms with Gasteiger partial charge < -0.3 is 15.7 Å². The molecule has 14 heavy (non-hydrogen) atoms. The van der Waals surface area contributed by atoms with Gasteiger partial charge in [-0.25, -0.2) is 4.79 Å². The number of amides is 1. The summed E-state index contributed by atoms with van der Waals surface area (Å²) in [5.41, 5.74) is 0. The minimum Gasteiger partial charge on any atom is -0.465 e. The van der Waals surface area contributed by atoms with E-state index in [4.69, 9.17) is 5.11 Å².